The fraction of sp³-hybridized carbons (Fsp3) is 0.533. The summed E-state index contributed by atoms with van der Waals surface area (Å²) in [7, 11) is 3.98. The van der Waals surface area contributed by atoms with Gasteiger partial charge < -0.3 is 15.0 Å². The normalized spacial score (nSPS) is 17.0. The monoisotopic (exact) mass is 259 g/mol. The maximum Gasteiger partial charge on any atom is 0.112 e. The average molecular weight is 259 g/mol. The number of rotatable bonds is 5. The molecule has 4 heteroatoms. The van der Waals surface area contributed by atoms with Crippen molar-refractivity contribution in [3.63, 3.8) is 0 Å². The summed E-state index contributed by atoms with van der Waals surface area (Å²) in [5.74, 6) is 1.84. The van der Waals surface area contributed by atoms with Crippen LogP contribution in [-0.2, 0) is 7.05 Å². The molecule has 2 aromatic rings. The number of nitrogens with one attached hydrogen (secondary N) is 1. The van der Waals surface area contributed by atoms with Crippen molar-refractivity contribution < 1.29 is 5.11 Å². The second-order valence-corrected chi connectivity index (χ2v) is 5.46. The van der Waals surface area contributed by atoms with Gasteiger partial charge in [0, 0.05) is 13.0 Å². The van der Waals surface area contributed by atoms with E-state index >= 15 is 0 Å². The van der Waals surface area contributed by atoms with Gasteiger partial charge in [-0.3, -0.25) is 0 Å². The SMILES string of the molecule is CNCCC(O)c1ccc2c(c1)nc(C1CC1)n2C. The standard InChI is InChI=1S/C15H21N3O/c1-16-8-7-14(19)11-5-6-13-12(9-11)17-15(18(13)2)10-3-4-10/h5-6,9-10,14,16,19H,3-4,7-8H2,1-2H3. The van der Waals surface area contributed by atoms with Gasteiger partial charge in [0.25, 0.3) is 0 Å². The van der Waals surface area contributed by atoms with E-state index in [0.29, 0.717) is 5.92 Å². The summed E-state index contributed by atoms with van der Waals surface area (Å²) >= 11 is 0. The van der Waals surface area contributed by atoms with Crippen LogP contribution in [-0.4, -0.2) is 28.3 Å². The molecule has 0 amide bonds. The van der Waals surface area contributed by atoms with Crippen molar-refractivity contribution in [2.24, 2.45) is 7.05 Å². The minimum atomic E-state index is -0.414. The minimum absolute atomic E-state index is 0.414. The van der Waals surface area contributed by atoms with Crippen LogP contribution in [0.5, 0.6) is 0 Å². The Morgan fingerprint density at radius 3 is 2.95 bits per heavy atom. The predicted octanol–water partition coefficient (Wildman–Crippen LogP) is 2.09. The molecule has 1 aromatic carbocycles. The summed E-state index contributed by atoms with van der Waals surface area (Å²) in [6.07, 6.45) is 2.83. The van der Waals surface area contributed by atoms with Crippen LogP contribution in [0.3, 0.4) is 0 Å². The summed E-state index contributed by atoms with van der Waals surface area (Å²) in [6, 6.07) is 6.12. The van der Waals surface area contributed by atoms with Crippen LogP contribution in [0.15, 0.2) is 18.2 Å². The number of fused-ring (bicyclic) bond motifs is 1. The molecule has 0 aliphatic heterocycles. The van der Waals surface area contributed by atoms with Crippen LogP contribution in [0.1, 0.15) is 42.7 Å². The molecular formula is C15H21N3O. The summed E-state index contributed by atoms with van der Waals surface area (Å²) in [4.78, 5) is 4.73. The van der Waals surface area contributed by atoms with Gasteiger partial charge in [-0.2, -0.15) is 0 Å². The van der Waals surface area contributed by atoms with Gasteiger partial charge in [-0.25, -0.2) is 4.98 Å². The maximum atomic E-state index is 10.1. The Hall–Kier alpha value is -1.39. The predicted molar refractivity (Wildman–Crippen MR) is 76.2 cm³/mol. The lowest BCUT2D eigenvalue weighted by Crippen LogP contribution is -2.11. The van der Waals surface area contributed by atoms with E-state index in [1.54, 1.807) is 0 Å². The highest BCUT2D eigenvalue weighted by atomic mass is 16.3. The molecule has 2 N–H and O–H groups in total. The highest BCUT2D eigenvalue weighted by molar-refractivity contribution is 5.77. The molecule has 19 heavy (non-hydrogen) atoms. The Labute approximate surface area is 113 Å². The van der Waals surface area contributed by atoms with E-state index in [4.69, 9.17) is 4.98 Å². The van der Waals surface area contributed by atoms with Crippen LogP contribution in [0.2, 0.25) is 0 Å². The topological polar surface area (TPSA) is 50.1 Å². The van der Waals surface area contributed by atoms with E-state index in [9.17, 15) is 5.11 Å². The van der Waals surface area contributed by atoms with E-state index in [1.165, 1.54) is 18.7 Å². The number of aliphatic hydroxyl groups excluding tert-OH is 1. The van der Waals surface area contributed by atoms with Crippen molar-refractivity contribution in [2.45, 2.75) is 31.3 Å². The van der Waals surface area contributed by atoms with Crippen molar-refractivity contribution in [1.29, 1.82) is 0 Å². The molecule has 3 rings (SSSR count). The number of aliphatic hydroxyl groups is 1. The first-order valence-electron chi connectivity index (χ1n) is 6.99. The molecule has 1 atom stereocenters. The van der Waals surface area contributed by atoms with Crippen LogP contribution in [0, 0.1) is 0 Å². The Morgan fingerprint density at radius 1 is 1.47 bits per heavy atom. The quantitative estimate of drug-likeness (QED) is 0.864. The third-order valence-electron chi connectivity index (χ3n) is 3.93. The molecule has 0 spiro atoms. The van der Waals surface area contributed by atoms with Crippen LogP contribution in [0.25, 0.3) is 11.0 Å². The number of imidazole rings is 1. The molecular weight excluding hydrogens is 238 g/mol. The zero-order chi connectivity index (χ0) is 13.4. The summed E-state index contributed by atoms with van der Waals surface area (Å²) < 4.78 is 2.19. The molecule has 1 heterocycles. The number of hydrogen-bond acceptors (Lipinski definition) is 3. The summed E-state index contributed by atoms with van der Waals surface area (Å²) in [5, 5.41) is 13.2. The lowest BCUT2D eigenvalue weighted by molar-refractivity contribution is 0.168. The first-order chi connectivity index (χ1) is 9.20. The Morgan fingerprint density at radius 2 is 2.26 bits per heavy atom. The molecule has 1 aromatic heterocycles. The largest absolute Gasteiger partial charge is 0.388 e. The minimum Gasteiger partial charge on any atom is -0.388 e. The van der Waals surface area contributed by atoms with E-state index in [0.717, 1.165) is 29.6 Å². The average Bonchev–Trinajstić information content (AvgIpc) is 3.21. The van der Waals surface area contributed by atoms with E-state index in [1.807, 2.05) is 19.2 Å². The molecule has 1 saturated carbocycles. The molecule has 0 saturated heterocycles. The van der Waals surface area contributed by atoms with Crippen LogP contribution in [0.4, 0.5) is 0 Å². The second kappa shape index (κ2) is 4.94. The zero-order valence-electron chi connectivity index (χ0n) is 11.6. The van der Waals surface area contributed by atoms with Crippen molar-refractivity contribution in [3.8, 4) is 0 Å². The lowest BCUT2D eigenvalue weighted by Gasteiger charge is -2.10. The Bertz CT molecular complexity index is 586. The van der Waals surface area contributed by atoms with E-state index < -0.39 is 6.10 Å². The highest BCUT2D eigenvalue weighted by Crippen LogP contribution is 2.40. The van der Waals surface area contributed by atoms with Gasteiger partial charge in [-0.1, -0.05) is 6.07 Å². The van der Waals surface area contributed by atoms with Gasteiger partial charge in [0.1, 0.15) is 5.82 Å². The van der Waals surface area contributed by atoms with Crippen molar-refractivity contribution in [3.05, 3.63) is 29.6 Å². The zero-order valence-corrected chi connectivity index (χ0v) is 11.6. The number of aryl methyl sites for hydroxylation is 1. The number of nitrogens with zero attached hydrogens (tertiary/aromatic N) is 2. The molecule has 1 aliphatic rings. The van der Waals surface area contributed by atoms with Crippen LogP contribution >= 0.6 is 0 Å². The fourth-order valence-corrected chi connectivity index (χ4v) is 2.60. The second-order valence-electron chi connectivity index (χ2n) is 5.46. The van der Waals surface area contributed by atoms with E-state index in [2.05, 4.69) is 23.0 Å². The number of aromatic nitrogens is 2. The van der Waals surface area contributed by atoms with Gasteiger partial charge in [-0.15, -0.1) is 0 Å². The summed E-state index contributed by atoms with van der Waals surface area (Å²) in [6.45, 7) is 0.814. The Kier molecular flexibility index (Phi) is 3.29. The molecule has 0 radical (unpaired) electrons. The molecule has 1 unspecified atom stereocenters. The van der Waals surface area contributed by atoms with Crippen molar-refractivity contribution in [1.82, 2.24) is 14.9 Å². The lowest BCUT2D eigenvalue weighted by atomic mass is 10.1. The third-order valence-corrected chi connectivity index (χ3v) is 3.93. The summed E-state index contributed by atoms with van der Waals surface area (Å²) in [5.41, 5.74) is 3.13. The van der Waals surface area contributed by atoms with Gasteiger partial charge in [0.15, 0.2) is 0 Å². The molecule has 1 fully saturated rings. The van der Waals surface area contributed by atoms with Gasteiger partial charge in [-0.05, 0) is 50.6 Å². The first kappa shape index (κ1) is 12.6. The molecule has 4 nitrogen and oxygen atoms in total. The van der Waals surface area contributed by atoms with Gasteiger partial charge in [0.2, 0.25) is 0 Å². The van der Waals surface area contributed by atoms with E-state index in [-0.39, 0.29) is 0 Å². The molecule has 1 aliphatic carbocycles. The fourth-order valence-electron chi connectivity index (χ4n) is 2.60. The van der Waals surface area contributed by atoms with Crippen LogP contribution < -0.4 is 5.32 Å². The third kappa shape index (κ3) is 2.38. The Balaban J connectivity index is 1.92. The maximum absolute atomic E-state index is 10.1. The highest BCUT2D eigenvalue weighted by Gasteiger charge is 2.28. The van der Waals surface area contributed by atoms with Crippen molar-refractivity contribution >= 4 is 11.0 Å². The molecule has 0 bridgehead atoms. The molecule has 102 valence electrons. The van der Waals surface area contributed by atoms with Crippen molar-refractivity contribution in [2.75, 3.05) is 13.6 Å². The number of benzene rings is 1. The number of hydrogen-bond donors (Lipinski definition) is 2. The van der Waals surface area contributed by atoms with Gasteiger partial charge >= 0.3 is 0 Å². The first-order valence-corrected chi connectivity index (χ1v) is 6.99. The smallest absolute Gasteiger partial charge is 0.112 e. The van der Waals surface area contributed by atoms with Gasteiger partial charge in [0.05, 0.1) is 17.1 Å².